The van der Waals surface area contributed by atoms with Gasteiger partial charge in [0, 0.05) is 0 Å². The van der Waals surface area contributed by atoms with Crippen molar-refractivity contribution in [2.24, 2.45) is 5.10 Å². The van der Waals surface area contributed by atoms with E-state index in [0.717, 1.165) is 17.7 Å². The molecule has 1 N–H and O–H groups in total. The third-order valence-electron chi connectivity index (χ3n) is 4.53. The molecule has 3 rings (SSSR count). The molecule has 1 amide bonds. The molecule has 0 aliphatic heterocycles. The summed E-state index contributed by atoms with van der Waals surface area (Å²) in [5.74, 6) is -1.45. The minimum absolute atomic E-state index is 0.0276. The smallest absolute Gasteiger partial charge is 0.433 e. The number of hydrogen-bond acceptors (Lipinski definition) is 8. The van der Waals surface area contributed by atoms with Crippen LogP contribution in [0.15, 0.2) is 70.2 Å². The topological polar surface area (TPSA) is 133 Å². The van der Waals surface area contributed by atoms with Gasteiger partial charge in [-0.1, -0.05) is 45.0 Å². The highest BCUT2D eigenvalue weighted by Crippen LogP contribution is 2.24. The molecule has 2 aromatic carbocycles. The molecule has 176 valence electrons. The van der Waals surface area contributed by atoms with Crippen LogP contribution in [0.5, 0.6) is 11.5 Å². The average molecular weight is 465 g/mol. The van der Waals surface area contributed by atoms with E-state index in [-0.39, 0.29) is 23.5 Å². The highest BCUT2D eigenvalue weighted by Gasteiger charge is 2.19. The first-order valence-corrected chi connectivity index (χ1v) is 10.2. The Labute approximate surface area is 195 Å². The monoisotopic (exact) mass is 465 g/mol. The SMILES string of the molecule is CC(C)(C)c1ccc(OCC(=O)N/N=C/c2cccc(OC(=O)c3ccc([N+](=O)[O-])o3)c2)cc1. The standard InChI is InChI=1S/C24H23N3O7/c1-24(2,3)17-7-9-18(10-8-17)32-15-21(28)26-25-14-16-5-4-6-19(13-16)33-23(29)20-11-12-22(34-20)27(30)31/h4-14H,15H2,1-3H3,(H,26,28)/b25-14+. The molecule has 3 aromatic rings. The molecule has 1 heterocycles. The fraction of sp³-hybridized carbons (Fsp3) is 0.208. The number of ether oxygens (including phenoxy) is 2. The maximum absolute atomic E-state index is 12.1. The second-order valence-corrected chi connectivity index (χ2v) is 8.21. The summed E-state index contributed by atoms with van der Waals surface area (Å²) in [4.78, 5) is 34.0. The van der Waals surface area contributed by atoms with E-state index in [4.69, 9.17) is 13.9 Å². The number of esters is 1. The Balaban J connectivity index is 1.49. The Morgan fingerprint density at radius 3 is 2.47 bits per heavy atom. The summed E-state index contributed by atoms with van der Waals surface area (Å²) in [6.45, 7) is 6.13. The molecule has 0 saturated heterocycles. The minimum atomic E-state index is -0.886. The quantitative estimate of drug-likeness (QED) is 0.173. The van der Waals surface area contributed by atoms with Crippen molar-refractivity contribution in [3.63, 3.8) is 0 Å². The first-order chi connectivity index (χ1) is 16.1. The Morgan fingerprint density at radius 2 is 1.82 bits per heavy atom. The summed E-state index contributed by atoms with van der Waals surface area (Å²) in [6.07, 6.45) is 1.37. The van der Waals surface area contributed by atoms with Crippen LogP contribution in [-0.4, -0.2) is 29.6 Å². The van der Waals surface area contributed by atoms with E-state index in [1.54, 1.807) is 12.1 Å². The van der Waals surface area contributed by atoms with Gasteiger partial charge in [0.1, 0.15) is 16.4 Å². The van der Waals surface area contributed by atoms with Crippen LogP contribution in [0.4, 0.5) is 5.88 Å². The van der Waals surface area contributed by atoms with Crippen molar-refractivity contribution in [2.75, 3.05) is 6.61 Å². The van der Waals surface area contributed by atoms with Gasteiger partial charge in [-0.05, 0) is 46.9 Å². The van der Waals surface area contributed by atoms with Gasteiger partial charge in [-0.2, -0.15) is 5.10 Å². The van der Waals surface area contributed by atoms with Gasteiger partial charge in [-0.15, -0.1) is 0 Å². The highest BCUT2D eigenvalue weighted by molar-refractivity contribution is 5.89. The van der Waals surface area contributed by atoms with E-state index in [1.165, 1.54) is 18.3 Å². The van der Waals surface area contributed by atoms with Gasteiger partial charge in [0.15, 0.2) is 6.61 Å². The lowest BCUT2D eigenvalue weighted by Crippen LogP contribution is -2.24. The molecule has 0 fully saturated rings. The van der Waals surface area contributed by atoms with Crippen molar-refractivity contribution in [1.82, 2.24) is 5.43 Å². The summed E-state index contributed by atoms with van der Waals surface area (Å²) in [5.41, 5.74) is 4.08. The van der Waals surface area contributed by atoms with Crippen molar-refractivity contribution in [3.8, 4) is 11.5 Å². The molecule has 0 saturated carbocycles. The fourth-order valence-electron chi connectivity index (χ4n) is 2.76. The molecule has 1 aromatic heterocycles. The first-order valence-electron chi connectivity index (χ1n) is 10.2. The summed E-state index contributed by atoms with van der Waals surface area (Å²) in [7, 11) is 0. The molecular formula is C24H23N3O7. The van der Waals surface area contributed by atoms with Gasteiger partial charge in [-0.25, -0.2) is 10.2 Å². The number of benzene rings is 2. The Morgan fingerprint density at radius 1 is 1.09 bits per heavy atom. The maximum Gasteiger partial charge on any atom is 0.433 e. The van der Waals surface area contributed by atoms with Crippen LogP contribution < -0.4 is 14.9 Å². The first kappa shape index (κ1) is 24.2. The van der Waals surface area contributed by atoms with Gasteiger partial charge in [0.05, 0.1) is 12.3 Å². The van der Waals surface area contributed by atoms with Gasteiger partial charge >= 0.3 is 11.9 Å². The second kappa shape index (κ2) is 10.4. The predicted octanol–water partition coefficient (Wildman–Crippen LogP) is 4.23. The lowest BCUT2D eigenvalue weighted by Gasteiger charge is -2.19. The van der Waals surface area contributed by atoms with Crippen LogP contribution >= 0.6 is 0 Å². The zero-order valence-electron chi connectivity index (χ0n) is 18.8. The van der Waals surface area contributed by atoms with Crippen molar-refractivity contribution in [2.45, 2.75) is 26.2 Å². The molecule has 10 heteroatoms. The van der Waals surface area contributed by atoms with E-state index in [9.17, 15) is 19.7 Å². The molecule has 34 heavy (non-hydrogen) atoms. The van der Waals surface area contributed by atoms with Gasteiger partial charge in [0.25, 0.3) is 5.91 Å². The number of carbonyl (C=O) groups excluding carboxylic acids is 2. The number of carbonyl (C=O) groups is 2. The molecule has 10 nitrogen and oxygen atoms in total. The molecule has 0 atom stereocenters. The van der Waals surface area contributed by atoms with Crippen LogP contribution in [-0.2, 0) is 10.2 Å². The van der Waals surface area contributed by atoms with Crippen molar-refractivity contribution in [3.05, 3.63) is 87.7 Å². The summed E-state index contributed by atoms with van der Waals surface area (Å²) in [5, 5.41) is 14.5. The third kappa shape index (κ3) is 6.76. The minimum Gasteiger partial charge on any atom is -0.484 e. The number of rotatable bonds is 8. The van der Waals surface area contributed by atoms with Crippen LogP contribution in [0.2, 0.25) is 0 Å². The largest absolute Gasteiger partial charge is 0.484 e. The number of nitrogens with zero attached hydrogens (tertiary/aromatic N) is 2. The lowest BCUT2D eigenvalue weighted by molar-refractivity contribution is -0.402. The second-order valence-electron chi connectivity index (χ2n) is 8.21. The normalized spacial score (nSPS) is 11.3. The number of furan rings is 1. The van der Waals surface area contributed by atoms with Crippen molar-refractivity contribution < 1.29 is 28.4 Å². The molecular weight excluding hydrogens is 442 g/mol. The number of hydrogen-bond donors (Lipinski definition) is 1. The number of amides is 1. The Bertz CT molecular complexity index is 1210. The van der Waals surface area contributed by atoms with Crippen molar-refractivity contribution >= 4 is 24.0 Å². The van der Waals surface area contributed by atoms with E-state index in [1.807, 2.05) is 24.3 Å². The molecule has 0 bridgehead atoms. The van der Waals surface area contributed by atoms with Gasteiger partial charge in [-0.3, -0.25) is 14.9 Å². The van der Waals surface area contributed by atoms with E-state index in [0.29, 0.717) is 11.3 Å². The van der Waals surface area contributed by atoms with Crippen LogP contribution in [0.1, 0.15) is 42.5 Å². The third-order valence-corrected chi connectivity index (χ3v) is 4.53. The van der Waals surface area contributed by atoms with Gasteiger partial charge < -0.3 is 13.9 Å². The number of nitro groups is 1. The Hall–Kier alpha value is -4.47. The van der Waals surface area contributed by atoms with Crippen LogP contribution in [0.3, 0.4) is 0 Å². The molecule has 0 aliphatic carbocycles. The van der Waals surface area contributed by atoms with E-state index < -0.39 is 22.7 Å². The maximum atomic E-state index is 12.1. The molecule has 0 aliphatic rings. The summed E-state index contributed by atoms with van der Waals surface area (Å²) in [6, 6.07) is 16.1. The van der Waals surface area contributed by atoms with E-state index >= 15 is 0 Å². The molecule has 0 unspecified atom stereocenters. The number of nitrogens with one attached hydrogen (secondary N) is 1. The van der Waals surface area contributed by atoms with Gasteiger partial charge in [0.2, 0.25) is 5.76 Å². The zero-order chi connectivity index (χ0) is 24.7. The summed E-state index contributed by atoms with van der Waals surface area (Å²) < 4.78 is 15.4. The van der Waals surface area contributed by atoms with Crippen molar-refractivity contribution in [1.29, 1.82) is 0 Å². The Kier molecular flexibility index (Phi) is 7.42. The average Bonchev–Trinajstić information content (AvgIpc) is 3.29. The molecule has 0 spiro atoms. The predicted molar refractivity (Wildman–Crippen MR) is 123 cm³/mol. The lowest BCUT2D eigenvalue weighted by atomic mass is 9.87. The zero-order valence-corrected chi connectivity index (χ0v) is 18.8. The van der Waals surface area contributed by atoms with E-state index in [2.05, 4.69) is 31.3 Å². The molecule has 0 radical (unpaired) electrons. The number of hydrazone groups is 1. The fourth-order valence-corrected chi connectivity index (χ4v) is 2.76. The summed E-state index contributed by atoms with van der Waals surface area (Å²) >= 11 is 0. The van der Waals surface area contributed by atoms with Crippen LogP contribution in [0, 0.1) is 10.1 Å². The van der Waals surface area contributed by atoms with Crippen LogP contribution in [0.25, 0.3) is 0 Å². The highest BCUT2D eigenvalue weighted by atomic mass is 16.7.